The Kier molecular flexibility index (Phi) is 2.65. The highest BCUT2D eigenvalue weighted by Gasteiger charge is 2.26. The van der Waals surface area contributed by atoms with Crippen molar-refractivity contribution < 1.29 is 0 Å². The van der Waals surface area contributed by atoms with Gasteiger partial charge in [0.05, 0.1) is 11.6 Å². The fraction of sp³-hybridized carbons (Fsp3) is 0.500. The van der Waals surface area contributed by atoms with Crippen molar-refractivity contribution in [3.8, 4) is 0 Å². The van der Waals surface area contributed by atoms with Gasteiger partial charge < -0.3 is 11.1 Å². The number of nitrogens with one attached hydrogen (secondary N) is 1. The minimum atomic E-state index is 0.500. The monoisotopic (exact) mass is 244 g/mol. The molecule has 2 unspecified atom stereocenters. The van der Waals surface area contributed by atoms with Crippen LogP contribution in [0.4, 0.5) is 11.5 Å². The van der Waals surface area contributed by atoms with Crippen LogP contribution in [-0.4, -0.2) is 15.8 Å². The van der Waals surface area contributed by atoms with Crippen LogP contribution in [0.25, 0.3) is 10.9 Å². The van der Waals surface area contributed by atoms with Crippen molar-refractivity contribution in [3.63, 3.8) is 0 Å². The highest BCUT2D eigenvalue weighted by Crippen LogP contribution is 2.35. The molecule has 0 radical (unpaired) electrons. The molecule has 0 saturated heterocycles. The van der Waals surface area contributed by atoms with E-state index >= 15 is 0 Å². The molecule has 1 aliphatic heterocycles. The fourth-order valence-corrected chi connectivity index (χ4v) is 2.82. The van der Waals surface area contributed by atoms with Crippen molar-refractivity contribution in [1.82, 2.24) is 9.78 Å². The number of hydrogen-bond donors (Lipinski definition) is 2. The number of hydrogen-bond acceptors (Lipinski definition) is 3. The summed E-state index contributed by atoms with van der Waals surface area (Å²) in [6.45, 7) is 4.46. The third-order valence-electron chi connectivity index (χ3n) is 3.93. The van der Waals surface area contributed by atoms with Gasteiger partial charge in [0.2, 0.25) is 0 Å². The number of fused-ring (bicyclic) bond motifs is 3. The maximum atomic E-state index is 5.89. The molecule has 0 spiro atoms. The van der Waals surface area contributed by atoms with Crippen LogP contribution in [0.5, 0.6) is 0 Å². The first kappa shape index (κ1) is 11.4. The molecule has 0 amide bonds. The zero-order valence-corrected chi connectivity index (χ0v) is 11.0. The molecule has 1 aromatic heterocycles. The summed E-state index contributed by atoms with van der Waals surface area (Å²) in [4.78, 5) is 0. The zero-order valence-electron chi connectivity index (χ0n) is 11.0. The lowest BCUT2D eigenvalue weighted by Gasteiger charge is -2.31. The van der Waals surface area contributed by atoms with Gasteiger partial charge in [0.1, 0.15) is 5.82 Å². The van der Waals surface area contributed by atoms with E-state index in [2.05, 4.69) is 23.8 Å². The van der Waals surface area contributed by atoms with Crippen molar-refractivity contribution in [3.05, 3.63) is 18.2 Å². The predicted molar refractivity (Wildman–Crippen MR) is 75.8 cm³/mol. The Morgan fingerprint density at radius 2 is 2.22 bits per heavy atom. The van der Waals surface area contributed by atoms with Crippen LogP contribution in [0.1, 0.15) is 39.2 Å². The van der Waals surface area contributed by atoms with Crippen LogP contribution in [0.15, 0.2) is 18.2 Å². The molecular weight excluding hydrogens is 224 g/mol. The maximum absolute atomic E-state index is 5.89. The molecule has 4 heteroatoms. The van der Waals surface area contributed by atoms with Gasteiger partial charge in [-0.25, -0.2) is 4.68 Å². The van der Waals surface area contributed by atoms with E-state index in [1.165, 1.54) is 0 Å². The Labute approximate surface area is 107 Å². The summed E-state index contributed by atoms with van der Waals surface area (Å²) >= 11 is 0. The van der Waals surface area contributed by atoms with Crippen molar-refractivity contribution in [2.24, 2.45) is 0 Å². The van der Waals surface area contributed by atoms with Gasteiger partial charge in [-0.1, -0.05) is 13.8 Å². The average Bonchev–Trinajstić information content (AvgIpc) is 2.75. The van der Waals surface area contributed by atoms with Crippen molar-refractivity contribution >= 4 is 22.4 Å². The molecule has 2 heterocycles. The molecule has 0 fully saturated rings. The Hall–Kier alpha value is -1.71. The van der Waals surface area contributed by atoms with E-state index in [-0.39, 0.29) is 0 Å². The Balaban J connectivity index is 2.17. The molecule has 4 nitrogen and oxygen atoms in total. The van der Waals surface area contributed by atoms with Gasteiger partial charge in [-0.15, -0.1) is 0 Å². The Morgan fingerprint density at radius 3 is 2.94 bits per heavy atom. The second-order valence-electron chi connectivity index (χ2n) is 5.12. The first-order valence-corrected chi connectivity index (χ1v) is 6.77. The lowest BCUT2D eigenvalue weighted by molar-refractivity contribution is 0.365. The van der Waals surface area contributed by atoms with E-state index in [4.69, 9.17) is 10.8 Å². The number of rotatable bonds is 2. The fourth-order valence-electron chi connectivity index (χ4n) is 2.82. The van der Waals surface area contributed by atoms with Crippen LogP contribution in [0, 0.1) is 0 Å². The number of aromatic nitrogens is 2. The zero-order chi connectivity index (χ0) is 12.7. The van der Waals surface area contributed by atoms with Crippen LogP contribution >= 0.6 is 0 Å². The van der Waals surface area contributed by atoms with E-state index < -0.39 is 0 Å². The van der Waals surface area contributed by atoms with Gasteiger partial charge in [-0.2, -0.15) is 5.10 Å². The molecular formula is C14H20N4. The Bertz CT molecular complexity index is 572. The molecule has 0 saturated carbocycles. The number of nitrogens with two attached hydrogens (primary N) is 1. The van der Waals surface area contributed by atoms with Crippen LogP contribution in [0.2, 0.25) is 0 Å². The topological polar surface area (TPSA) is 55.9 Å². The van der Waals surface area contributed by atoms with Gasteiger partial charge in [0.15, 0.2) is 0 Å². The van der Waals surface area contributed by atoms with Gasteiger partial charge >= 0.3 is 0 Å². The summed E-state index contributed by atoms with van der Waals surface area (Å²) in [6.07, 6.45) is 3.42. The van der Waals surface area contributed by atoms with E-state index in [1.54, 1.807) is 0 Å². The summed E-state index contributed by atoms with van der Waals surface area (Å²) in [6, 6.07) is 6.99. The second kappa shape index (κ2) is 4.19. The number of nitrogens with zero attached hydrogens (tertiary/aromatic N) is 2. The molecule has 0 bridgehead atoms. The summed E-state index contributed by atoms with van der Waals surface area (Å²) < 4.78 is 2.15. The molecule has 2 aromatic rings. The van der Waals surface area contributed by atoms with Crippen molar-refractivity contribution in [2.75, 3.05) is 11.1 Å². The molecule has 0 aliphatic carbocycles. The highest BCUT2D eigenvalue weighted by molar-refractivity contribution is 5.92. The van der Waals surface area contributed by atoms with E-state index in [9.17, 15) is 0 Å². The van der Waals surface area contributed by atoms with Gasteiger partial charge in [0, 0.05) is 17.1 Å². The minimum Gasteiger partial charge on any atom is -0.399 e. The molecule has 3 rings (SSSR count). The van der Waals surface area contributed by atoms with E-state index in [0.717, 1.165) is 41.7 Å². The van der Waals surface area contributed by atoms with E-state index in [1.807, 2.05) is 18.2 Å². The standard InChI is InChI=1S/C14H20N4/c1-3-10-8-11(4-2)18-14(16-10)12-7-9(15)5-6-13(12)17-18/h5-7,10-11,16H,3-4,8,15H2,1-2H3. The summed E-state index contributed by atoms with van der Waals surface area (Å²) in [7, 11) is 0. The number of benzene rings is 1. The van der Waals surface area contributed by atoms with Crippen LogP contribution < -0.4 is 11.1 Å². The summed E-state index contributed by atoms with van der Waals surface area (Å²) in [5.74, 6) is 1.14. The normalized spacial score (nSPS) is 22.8. The minimum absolute atomic E-state index is 0.500. The van der Waals surface area contributed by atoms with E-state index in [0.29, 0.717) is 12.1 Å². The molecule has 1 aromatic carbocycles. The highest BCUT2D eigenvalue weighted by atomic mass is 15.4. The molecule has 3 N–H and O–H groups in total. The second-order valence-corrected chi connectivity index (χ2v) is 5.12. The predicted octanol–water partition coefficient (Wildman–Crippen LogP) is 3.16. The molecule has 96 valence electrons. The third kappa shape index (κ3) is 1.64. The quantitative estimate of drug-likeness (QED) is 0.798. The van der Waals surface area contributed by atoms with Gasteiger partial charge in [-0.3, -0.25) is 0 Å². The summed E-state index contributed by atoms with van der Waals surface area (Å²) in [5.41, 5.74) is 7.71. The SMILES string of the molecule is CCC1CC(CC)n2nc3ccc(N)cc3c2N1. The average molecular weight is 244 g/mol. The first-order chi connectivity index (χ1) is 8.72. The number of anilines is 2. The van der Waals surface area contributed by atoms with Crippen molar-refractivity contribution in [1.29, 1.82) is 0 Å². The van der Waals surface area contributed by atoms with Crippen molar-refractivity contribution in [2.45, 2.75) is 45.2 Å². The molecule has 18 heavy (non-hydrogen) atoms. The smallest absolute Gasteiger partial charge is 0.132 e. The van der Waals surface area contributed by atoms with Gasteiger partial charge in [-0.05, 0) is 37.5 Å². The molecule has 2 atom stereocenters. The lowest BCUT2D eigenvalue weighted by Crippen LogP contribution is -2.31. The van der Waals surface area contributed by atoms with Crippen LogP contribution in [0.3, 0.4) is 0 Å². The van der Waals surface area contributed by atoms with Gasteiger partial charge in [0.25, 0.3) is 0 Å². The lowest BCUT2D eigenvalue weighted by atomic mass is 10.0. The third-order valence-corrected chi connectivity index (χ3v) is 3.93. The summed E-state index contributed by atoms with van der Waals surface area (Å²) in [5, 5.41) is 9.47. The Morgan fingerprint density at radius 1 is 1.39 bits per heavy atom. The maximum Gasteiger partial charge on any atom is 0.132 e. The molecule has 1 aliphatic rings. The first-order valence-electron chi connectivity index (χ1n) is 6.77. The largest absolute Gasteiger partial charge is 0.399 e. The number of nitrogen functional groups attached to an aromatic ring is 1. The van der Waals surface area contributed by atoms with Crippen LogP contribution in [-0.2, 0) is 0 Å².